The third-order valence-corrected chi connectivity index (χ3v) is 4.33. The minimum Gasteiger partial charge on any atom is -0.338 e. The smallest absolute Gasteiger partial charge is 0.0949 e. The van der Waals surface area contributed by atoms with Crippen LogP contribution in [0.5, 0.6) is 0 Å². The van der Waals surface area contributed by atoms with Crippen LogP contribution in [0.1, 0.15) is 31.3 Å². The summed E-state index contributed by atoms with van der Waals surface area (Å²) in [6.07, 6.45) is 1.89. The predicted molar refractivity (Wildman–Crippen MR) is 78.0 cm³/mol. The van der Waals surface area contributed by atoms with Gasteiger partial charge in [-0.2, -0.15) is 0 Å². The minimum absolute atomic E-state index is 0.260. The fraction of sp³-hybridized carbons (Fsp3) is 0.786. The van der Waals surface area contributed by atoms with Crippen LogP contribution in [0.25, 0.3) is 0 Å². The average molecular weight is 265 g/mol. The van der Waals surface area contributed by atoms with Gasteiger partial charge < -0.3 is 10.3 Å². The van der Waals surface area contributed by atoms with Crippen molar-refractivity contribution in [2.45, 2.75) is 32.9 Å². The second kappa shape index (κ2) is 6.03. The predicted octanol–water partition coefficient (Wildman–Crippen LogP) is 0.754. The largest absolute Gasteiger partial charge is 0.338 e. The molecule has 1 unspecified atom stereocenters. The molecule has 0 radical (unpaired) electrons. The van der Waals surface area contributed by atoms with Crippen molar-refractivity contribution in [2.75, 3.05) is 32.7 Å². The van der Waals surface area contributed by atoms with E-state index in [0.29, 0.717) is 12.6 Å². The summed E-state index contributed by atoms with van der Waals surface area (Å²) in [4.78, 5) is 9.55. The summed E-state index contributed by atoms with van der Waals surface area (Å²) >= 11 is 0. The molecule has 1 aliphatic rings. The lowest BCUT2D eigenvalue weighted by molar-refractivity contribution is 0.0788. The molecular formula is C14H27N5. The first-order valence-electron chi connectivity index (χ1n) is 7.20. The van der Waals surface area contributed by atoms with Gasteiger partial charge in [-0.15, -0.1) is 0 Å². The van der Waals surface area contributed by atoms with E-state index in [2.05, 4.69) is 40.1 Å². The molecule has 1 fully saturated rings. The highest BCUT2D eigenvalue weighted by Gasteiger charge is 2.27. The number of hydrogen-bond acceptors (Lipinski definition) is 4. The Labute approximate surface area is 116 Å². The fourth-order valence-corrected chi connectivity index (χ4v) is 2.84. The van der Waals surface area contributed by atoms with Gasteiger partial charge in [-0.25, -0.2) is 4.98 Å². The van der Waals surface area contributed by atoms with E-state index in [9.17, 15) is 0 Å². The van der Waals surface area contributed by atoms with Gasteiger partial charge >= 0.3 is 0 Å². The highest BCUT2D eigenvalue weighted by molar-refractivity contribution is 5.16. The van der Waals surface area contributed by atoms with Crippen molar-refractivity contribution in [3.05, 3.63) is 17.7 Å². The van der Waals surface area contributed by atoms with E-state index < -0.39 is 0 Å². The molecule has 1 aromatic heterocycles. The number of hydrogen-bond donors (Lipinski definition) is 1. The summed E-state index contributed by atoms with van der Waals surface area (Å²) < 4.78 is 2.07. The lowest BCUT2D eigenvalue weighted by Crippen LogP contribution is -2.51. The summed E-state index contributed by atoms with van der Waals surface area (Å²) in [6.45, 7) is 11.7. The number of imidazole rings is 1. The summed E-state index contributed by atoms with van der Waals surface area (Å²) in [5.74, 6) is 0. The topological polar surface area (TPSA) is 50.3 Å². The van der Waals surface area contributed by atoms with Crippen LogP contribution in [0.2, 0.25) is 0 Å². The lowest BCUT2D eigenvalue weighted by Gasteiger charge is -2.40. The van der Waals surface area contributed by atoms with Gasteiger partial charge in [-0.3, -0.25) is 9.80 Å². The van der Waals surface area contributed by atoms with Gasteiger partial charge in [-0.1, -0.05) is 0 Å². The molecule has 0 aliphatic carbocycles. The zero-order valence-electron chi connectivity index (χ0n) is 12.6. The maximum atomic E-state index is 6.00. The number of nitrogens with zero attached hydrogens (tertiary/aromatic N) is 4. The van der Waals surface area contributed by atoms with E-state index in [1.807, 2.05) is 13.4 Å². The molecule has 2 heterocycles. The summed E-state index contributed by atoms with van der Waals surface area (Å²) in [5, 5.41) is 0. The molecule has 0 amide bonds. The highest BCUT2D eigenvalue weighted by atomic mass is 15.3. The second-order valence-electron chi connectivity index (χ2n) is 5.74. The first kappa shape index (κ1) is 14.5. The molecule has 1 atom stereocenters. The maximum Gasteiger partial charge on any atom is 0.0949 e. The first-order chi connectivity index (χ1) is 9.04. The first-order valence-corrected chi connectivity index (χ1v) is 7.20. The molecule has 5 nitrogen and oxygen atoms in total. The number of aryl methyl sites for hydroxylation is 1. The van der Waals surface area contributed by atoms with Crippen LogP contribution in [0, 0.1) is 6.92 Å². The van der Waals surface area contributed by atoms with E-state index in [1.54, 1.807) is 0 Å². The molecule has 2 N–H and O–H groups in total. The average Bonchev–Trinajstić information content (AvgIpc) is 2.73. The third-order valence-electron chi connectivity index (χ3n) is 4.33. The van der Waals surface area contributed by atoms with Crippen LogP contribution in [0.4, 0.5) is 0 Å². The molecule has 5 heteroatoms. The number of rotatable bonds is 4. The van der Waals surface area contributed by atoms with Gasteiger partial charge in [0.05, 0.1) is 18.1 Å². The molecule has 0 saturated carbocycles. The zero-order chi connectivity index (χ0) is 14.0. The van der Waals surface area contributed by atoms with Crippen LogP contribution >= 0.6 is 0 Å². The number of piperazine rings is 1. The van der Waals surface area contributed by atoms with Crippen molar-refractivity contribution in [1.82, 2.24) is 19.4 Å². The third kappa shape index (κ3) is 2.99. The Morgan fingerprint density at radius 3 is 2.21 bits per heavy atom. The Morgan fingerprint density at radius 2 is 1.79 bits per heavy atom. The number of aromatic nitrogens is 2. The van der Waals surface area contributed by atoms with E-state index in [0.717, 1.165) is 31.9 Å². The van der Waals surface area contributed by atoms with Crippen molar-refractivity contribution in [1.29, 1.82) is 0 Å². The molecule has 2 rings (SSSR count). The summed E-state index contributed by atoms with van der Waals surface area (Å²) in [5.41, 5.74) is 8.37. The Bertz CT molecular complexity index is 404. The van der Waals surface area contributed by atoms with Crippen LogP contribution in [-0.2, 0) is 7.05 Å². The van der Waals surface area contributed by atoms with Gasteiger partial charge in [0.1, 0.15) is 0 Å². The number of nitrogens with two attached hydrogens (primary N) is 1. The van der Waals surface area contributed by atoms with Crippen molar-refractivity contribution < 1.29 is 0 Å². The molecule has 1 saturated heterocycles. The van der Waals surface area contributed by atoms with E-state index in [1.165, 1.54) is 5.69 Å². The standard InChI is InChI=1S/C14H27N5/c1-11(2)18-5-7-19(8-6-18)13(9-15)14-12(3)17(4)10-16-14/h10-11,13H,5-9,15H2,1-4H3. The molecule has 0 bridgehead atoms. The van der Waals surface area contributed by atoms with Gasteiger partial charge in [0.2, 0.25) is 0 Å². The SMILES string of the molecule is Cc1c(C(CN)N2CCN(C(C)C)CC2)ncn1C. The molecular weight excluding hydrogens is 238 g/mol. The van der Waals surface area contributed by atoms with Gasteiger partial charge in [0.25, 0.3) is 0 Å². The van der Waals surface area contributed by atoms with Crippen LogP contribution in [0.15, 0.2) is 6.33 Å². The normalized spacial score (nSPS) is 20.1. The monoisotopic (exact) mass is 265 g/mol. The summed E-state index contributed by atoms with van der Waals surface area (Å²) in [6, 6.07) is 0.894. The molecule has 0 spiro atoms. The molecule has 1 aromatic rings. The van der Waals surface area contributed by atoms with E-state index >= 15 is 0 Å². The maximum absolute atomic E-state index is 6.00. The van der Waals surface area contributed by atoms with Crippen molar-refractivity contribution in [3.63, 3.8) is 0 Å². The Hall–Kier alpha value is -0.910. The molecule has 0 aromatic carbocycles. The minimum atomic E-state index is 0.260. The lowest BCUT2D eigenvalue weighted by atomic mass is 10.1. The molecule has 108 valence electrons. The van der Waals surface area contributed by atoms with Crippen LogP contribution in [0.3, 0.4) is 0 Å². The zero-order valence-corrected chi connectivity index (χ0v) is 12.6. The quantitative estimate of drug-likeness (QED) is 0.873. The van der Waals surface area contributed by atoms with E-state index in [4.69, 9.17) is 5.73 Å². The van der Waals surface area contributed by atoms with E-state index in [-0.39, 0.29) is 6.04 Å². The highest BCUT2D eigenvalue weighted by Crippen LogP contribution is 2.23. The Morgan fingerprint density at radius 1 is 1.21 bits per heavy atom. The van der Waals surface area contributed by atoms with Gasteiger partial charge in [0.15, 0.2) is 0 Å². The van der Waals surface area contributed by atoms with Crippen molar-refractivity contribution in [2.24, 2.45) is 12.8 Å². The van der Waals surface area contributed by atoms with Crippen molar-refractivity contribution in [3.8, 4) is 0 Å². The van der Waals surface area contributed by atoms with Crippen molar-refractivity contribution >= 4 is 0 Å². The second-order valence-corrected chi connectivity index (χ2v) is 5.74. The molecule has 19 heavy (non-hydrogen) atoms. The van der Waals surface area contributed by atoms with Gasteiger partial charge in [0, 0.05) is 51.5 Å². The molecule has 1 aliphatic heterocycles. The van der Waals surface area contributed by atoms with Crippen LogP contribution in [-0.4, -0.2) is 58.1 Å². The fourth-order valence-electron chi connectivity index (χ4n) is 2.84. The van der Waals surface area contributed by atoms with Gasteiger partial charge in [-0.05, 0) is 20.8 Å². The Kier molecular flexibility index (Phi) is 4.60. The summed E-state index contributed by atoms with van der Waals surface area (Å²) in [7, 11) is 2.04. The Balaban J connectivity index is 2.06. The van der Waals surface area contributed by atoms with Crippen LogP contribution < -0.4 is 5.73 Å².